The molecule has 130 valence electrons. The van der Waals surface area contributed by atoms with Crippen LogP contribution in [0, 0.1) is 0 Å². The predicted octanol–water partition coefficient (Wildman–Crippen LogP) is 3.13. The minimum atomic E-state index is -0.870. The van der Waals surface area contributed by atoms with Gasteiger partial charge in [0.1, 0.15) is 0 Å². The van der Waals surface area contributed by atoms with Gasteiger partial charge >= 0.3 is 5.97 Å². The zero-order valence-electron chi connectivity index (χ0n) is 14.2. The highest BCUT2D eigenvalue weighted by atomic mass is 16.5. The summed E-state index contributed by atoms with van der Waals surface area (Å²) in [6, 6.07) is 0. The van der Waals surface area contributed by atoms with Crippen LogP contribution in [0.1, 0.15) is 58.8 Å². The summed E-state index contributed by atoms with van der Waals surface area (Å²) in [7, 11) is 0. The summed E-state index contributed by atoms with van der Waals surface area (Å²) in [4.78, 5) is 11.5. The molecule has 0 heterocycles. The van der Waals surface area contributed by atoms with Crippen molar-refractivity contribution < 1.29 is 19.4 Å². The van der Waals surface area contributed by atoms with Crippen molar-refractivity contribution in [2.24, 2.45) is 5.73 Å². The van der Waals surface area contributed by atoms with Gasteiger partial charge in [-0.2, -0.15) is 0 Å². The van der Waals surface area contributed by atoms with Crippen molar-refractivity contribution >= 4 is 5.97 Å². The Bertz CT molecular complexity index is 316. The summed E-state index contributed by atoms with van der Waals surface area (Å²) < 4.78 is 11.1. The molecule has 22 heavy (non-hydrogen) atoms. The summed E-state index contributed by atoms with van der Waals surface area (Å²) in [6.45, 7) is 6.95. The van der Waals surface area contributed by atoms with Gasteiger partial charge in [0.25, 0.3) is 0 Å². The van der Waals surface area contributed by atoms with E-state index in [0.29, 0.717) is 51.4 Å². The third-order valence-corrected chi connectivity index (χ3v) is 3.42. The van der Waals surface area contributed by atoms with Crippen molar-refractivity contribution in [3.63, 3.8) is 0 Å². The van der Waals surface area contributed by atoms with Crippen LogP contribution in [0.2, 0.25) is 0 Å². The van der Waals surface area contributed by atoms with E-state index in [1.54, 1.807) is 0 Å². The number of rotatable bonds is 15. The maximum atomic E-state index is 11.5. The first kappa shape index (κ1) is 21.1. The van der Waals surface area contributed by atoms with Crippen molar-refractivity contribution in [2.75, 3.05) is 33.0 Å². The zero-order chi connectivity index (χ0) is 16.6. The van der Waals surface area contributed by atoms with Gasteiger partial charge < -0.3 is 20.3 Å². The van der Waals surface area contributed by atoms with Gasteiger partial charge in [-0.25, -0.2) is 4.79 Å². The number of hydrogen-bond donors (Lipinski definition) is 2. The first-order valence-corrected chi connectivity index (χ1v) is 8.47. The zero-order valence-corrected chi connectivity index (χ0v) is 14.2. The fourth-order valence-corrected chi connectivity index (χ4v) is 2.03. The second kappa shape index (κ2) is 15.0. The van der Waals surface area contributed by atoms with Crippen molar-refractivity contribution in [1.82, 2.24) is 0 Å². The minimum absolute atomic E-state index is 0.386. The molecule has 5 nitrogen and oxygen atoms in total. The smallest absolute Gasteiger partial charge is 0.331 e. The molecule has 0 amide bonds. The van der Waals surface area contributed by atoms with Crippen LogP contribution < -0.4 is 5.73 Å². The molecule has 3 N–H and O–H groups in total. The fraction of sp³-hybridized carbons (Fsp3) is 0.824. The van der Waals surface area contributed by atoms with E-state index in [1.807, 2.05) is 0 Å². The molecule has 0 saturated heterocycles. The molecule has 0 aromatic heterocycles. The lowest BCUT2D eigenvalue weighted by Crippen LogP contribution is -2.13. The second-order valence-electron chi connectivity index (χ2n) is 5.40. The lowest BCUT2D eigenvalue weighted by atomic mass is 10.0. The lowest BCUT2D eigenvalue weighted by Gasteiger charge is -2.13. The van der Waals surface area contributed by atoms with Gasteiger partial charge in [0, 0.05) is 25.2 Å². The molecule has 0 bridgehead atoms. The molecule has 0 aliphatic carbocycles. The van der Waals surface area contributed by atoms with E-state index in [2.05, 4.69) is 13.8 Å². The van der Waals surface area contributed by atoms with Gasteiger partial charge in [0.15, 0.2) is 0 Å². The lowest BCUT2D eigenvalue weighted by molar-refractivity contribution is -0.133. The van der Waals surface area contributed by atoms with Crippen LogP contribution >= 0.6 is 0 Å². The summed E-state index contributed by atoms with van der Waals surface area (Å²) in [5.41, 5.74) is 6.84. The average molecular weight is 315 g/mol. The molecular formula is C17H33NO4. The highest BCUT2D eigenvalue weighted by Crippen LogP contribution is 2.16. The van der Waals surface area contributed by atoms with Crippen LogP contribution in [0.4, 0.5) is 0 Å². The standard InChI is InChI=1S/C17H33NO4/c1-3-5-11-21-13-9-16(17(19)20)15(8-7-10-18)14-22-12-6-4-2/h3-14,18H2,1-2H3,(H,19,20). The van der Waals surface area contributed by atoms with E-state index >= 15 is 0 Å². The van der Waals surface area contributed by atoms with Crippen molar-refractivity contribution in [3.05, 3.63) is 11.1 Å². The summed E-state index contributed by atoms with van der Waals surface area (Å²) >= 11 is 0. The van der Waals surface area contributed by atoms with Gasteiger partial charge in [-0.15, -0.1) is 0 Å². The molecule has 0 radical (unpaired) electrons. The maximum absolute atomic E-state index is 11.5. The number of carbonyl (C=O) groups is 1. The molecule has 0 rings (SSSR count). The van der Waals surface area contributed by atoms with Gasteiger partial charge in [0.2, 0.25) is 0 Å². The summed E-state index contributed by atoms with van der Waals surface area (Å²) in [6.07, 6.45) is 6.03. The molecule has 0 fully saturated rings. The predicted molar refractivity (Wildman–Crippen MR) is 89.0 cm³/mol. The molecule has 0 unspecified atom stereocenters. The molecule has 5 heteroatoms. The Balaban J connectivity index is 4.57. The number of nitrogens with two attached hydrogens (primary N) is 1. The molecule has 0 saturated carbocycles. The molecule has 0 spiro atoms. The number of aliphatic carboxylic acids is 1. The van der Waals surface area contributed by atoms with Crippen LogP contribution in [-0.4, -0.2) is 44.0 Å². The van der Waals surface area contributed by atoms with E-state index in [9.17, 15) is 9.90 Å². The average Bonchev–Trinajstić information content (AvgIpc) is 2.50. The van der Waals surface area contributed by atoms with Crippen LogP contribution in [0.5, 0.6) is 0 Å². The fourth-order valence-electron chi connectivity index (χ4n) is 2.03. The minimum Gasteiger partial charge on any atom is -0.478 e. The highest BCUT2D eigenvalue weighted by molar-refractivity contribution is 5.87. The Kier molecular flexibility index (Phi) is 14.4. The molecule has 0 aliphatic heterocycles. The third kappa shape index (κ3) is 10.8. The third-order valence-electron chi connectivity index (χ3n) is 3.42. The SMILES string of the molecule is CCCCOCCC(C(=O)O)=C(CCCN)COCCCC. The van der Waals surface area contributed by atoms with Crippen LogP contribution in [0.25, 0.3) is 0 Å². The van der Waals surface area contributed by atoms with E-state index in [0.717, 1.165) is 37.7 Å². The quantitative estimate of drug-likeness (QED) is 0.358. The van der Waals surface area contributed by atoms with E-state index in [-0.39, 0.29) is 0 Å². The Morgan fingerprint density at radius 1 is 0.955 bits per heavy atom. The van der Waals surface area contributed by atoms with E-state index < -0.39 is 5.97 Å². The van der Waals surface area contributed by atoms with Gasteiger partial charge in [-0.1, -0.05) is 26.7 Å². The molecule has 0 aromatic carbocycles. The molecular weight excluding hydrogens is 282 g/mol. The molecule has 0 aromatic rings. The Morgan fingerprint density at radius 3 is 2.14 bits per heavy atom. The monoisotopic (exact) mass is 315 g/mol. The maximum Gasteiger partial charge on any atom is 0.331 e. The normalized spacial score (nSPS) is 12.3. The number of hydrogen-bond acceptors (Lipinski definition) is 4. The molecule has 0 atom stereocenters. The Morgan fingerprint density at radius 2 is 1.59 bits per heavy atom. The highest BCUT2D eigenvalue weighted by Gasteiger charge is 2.14. The van der Waals surface area contributed by atoms with Gasteiger partial charge in [-0.05, 0) is 37.8 Å². The molecule has 0 aliphatic rings. The van der Waals surface area contributed by atoms with Gasteiger partial charge in [0.05, 0.1) is 13.2 Å². The number of ether oxygens (including phenoxy) is 2. The first-order chi connectivity index (χ1) is 10.7. The summed E-state index contributed by atoms with van der Waals surface area (Å²) in [5, 5.41) is 9.45. The van der Waals surface area contributed by atoms with Gasteiger partial charge in [-0.3, -0.25) is 0 Å². The van der Waals surface area contributed by atoms with Crippen LogP contribution in [0.15, 0.2) is 11.1 Å². The van der Waals surface area contributed by atoms with Crippen LogP contribution in [0.3, 0.4) is 0 Å². The first-order valence-electron chi connectivity index (χ1n) is 8.47. The number of carboxylic acids is 1. The Hall–Kier alpha value is -0.910. The van der Waals surface area contributed by atoms with Crippen molar-refractivity contribution in [3.8, 4) is 0 Å². The van der Waals surface area contributed by atoms with Crippen molar-refractivity contribution in [2.45, 2.75) is 58.8 Å². The topological polar surface area (TPSA) is 81.8 Å². The Labute approximate surface area is 134 Å². The van der Waals surface area contributed by atoms with Crippen molar-refractivity contribution in [1.29, 1.82) is 0 Å². The second-order valence-corrected chi connectivity index (χ2v) is 5.40. The largest absolute Gasteiger partial charge is 0.478 e. The van der Waals surface area contributed by atoms with E-state index in [4.69, 9.17) is 15.2 Å². The number of unbranched alkanes of at least 4 members (excludes halogenated alkanes) is 2. The van der Waals surface area contributed by atoms with E-state index in [1.165, 1.54) is 0 Å². The summed E-state index contributed by atoms with van der Waals surface area (Å²) in [5.74, 6) is -0.870. The number of carboxylic acid groups (broad SMARTS) is 1. The van der Waals surface area contributed by atoms with Crippen LogP contribution in [-0.2, 0) is 14.3 Å².